The number of carbonyl (C=O) groups excluding carboxylic acids is 1. The third-order valence-electron chi connectivity index (χ3n) is 3.45. The van der Waals surface area contributed by atoms with E-state index in [1.807, 2.05) is 30.3 Å². The van der Waals surface area contributed by atoms with Gasteiger partial charge < -0.3 is 10.5 Å². The smallest absolute Gasteiger partial charge is 0.404 e. The van der Waals surface area contributed by atoms with Gasteiger partial charge in [-0.25, -0.2) is 4.79 Å². The lowest BCUT2D eigenvalue weighted by Gasteiger charge is -2.13. The van der Waals surface area contributed by atoms with Crippen molar-refractivity contribution in [1.82, 2.24) is 0 Å². The molecule has 1 amide bonds. The van der Waals surface area contributed by atoms with E-state index >= 15 is 0 Å². The van der Waals surface area contributed by atoms with Gasteiger partial charge in [0.05, 0.1) is 0 Å². The number of amides is 1. The summed E-state index contributed by atoms with van der Waals surface area (Å²) in [5.41, 5.74) is 9.63. The fourth-order valence-electron chi connectivity index (χ4n) is 2.68. The summed E-state index contributed by atoms with van der Waals surface area (Å²) < 4.78 is 4.99. The van der Waals surface area contributed by atoms with Crippen LogP contribution in [0.25, 0.3) is 11.1 Å². The lowest BCUT2D eigenvalue weighted by molar-refractivity contribution is 0.153. The summed E-state index contributed by atoms with van der Waals surface area (Å²) in [5, 5.41) is 0. The molecule has 1 atom stereocenters. The molecular formula is C15H13NO2S. The van der Waals surface area contributed by atoms with Crippen molar-refractivity contribution in [3.63, 3.8) is 0 Å². The van der Waals surface area contributed by atoms with Crippen LogP contribution in [0.2, 0.25) is 0 Å². The predicted octanol–water partition coefficient (Wildman–Crippen LogP) is 3.18. The number of ether oxygens (including phenoxy) is 1. The van der Waals surface area contributed by atoms with Crippen LogP contribution in [0.5, 0.6) is 0 Å². The van der Waals surface area contributed by atoms with E-state index < -0.39 is 6.09 Å². The van der Waals surface area contributed by atoms with E-state index in [0.717, 1.165) is 27.1 Å². The molecule has 3 rings (SSSR count). The molecule has 3 nitrogen and oxygen atoms in total. The Kier molecular flexibility index (Phi) is 2.95. The van der Waals surface area contributed by atoms with Gasteiger partial charge >= 0.3 is 6.09 Å². The van der Waals surface area contributed by atoms with Crippen LogP contribution in [0.1, 0.15) is 17.0 Å². The first-order valence-electron chi connectivity index (χ1n) is 6.02. The largest absolute Gasteiger partial charge is 0.449 e. The van der Waals surface area contributed by atoms with Gasteiger partial charge in [0, 0.05) is 10.8 Å². The zero-order valence-corrected chi connectivity index (χ0v) is 11.1. The quantitative estimate of drug-likeness (QED) is 0.824. The molecule has 2 N–H and O–H groups in total. The maximum Gasteiger partial charge on any atom is 0.404 e. The number of thiol groups is 1. The van der Waals surface area contributed by atoms with Gasteiger partial charge in [-0.3, -0.25) is 0 Å². The van der Waals surface area contributed by atoms with E-state index in [1.165, 1.54) is 0 Å². The van der Waals surface area contributed by atoms with E-state index in [1.54, 1.807) is 0 Å². The SMILES string of the molecule is NC(=O)OCC1c2ccccc2-c2c(S)cccc21. The second kappa shape index (κ2) is 4.63. The Balaban J connectivity index is 2.12. The molecule has 96 valence electrons. The first-order valence-corrected chi connectivity index (χ1v) is 6.46. The fourth-order valence-corrected chi connectivity index (χ4v) is 3.02. The summed E-state index contributed by atoms with van der Waals surface area (Å²) >= 11 is 4.53. The van der Waals surface area contributed by atoms with Crippen molar-refractivity contribution < 1.29 is 9.53 Å². The summed E-state index contributed by atoms with van der Waals surface area (Å²) in [7, 11) is 0. The zero-order chi connectivity index (χ0) is 13.4. The number of fused-ring (bicyclic) bond motifs is 3. The molecule has 2 aromatic rings. The van der Waals surface area contributed by atoms with Gasteiger partial charge in [0.25, 0.3) is 0 Å². The van der Waals surface area contributed by atoms with Gasteiger partial charge in [0.15, 0.2) is 0 Å². The molecule has 0 heterocycles. The van der Waals surface area contributed by atoms with Gasteiger partial charge in [-0.2, -0.15) is 0 Å². The molecular weight excluding hydrogens is 258 g/mol. The van der Waals surface area contributed by atoms with Crippen molar-refractivity contribution in [2.45, 2.75) is 10.8 Å². The molecule has 1 aliphatic carbocycles. The molecule has 0 aliphatic heterocycles. The van der Waals surface area contributed by atoms with Gasteiger partial charge in [-0.1, -0.05) is 36.4 Å². The number of rotatable bonds is 2. The molecule has 0 aromatic heterocycles. The van der Waals surface area contributed by atoms with Gasteiger partial charge in [-0.05, 0) is 28.3 Å². The van der Waals surface area contributed by atoms with E-state index in [-0.39, 0.29) is 12.5 Å². The van der Waals surface area contributed by atoms with Gasteiger partial charge in [0.2, 0.25) is 0 Å². The predicted molar refractivity (Wildman–Crippen MR) is 76.5 cm³/mol. The van der Waals surface area contributed by atoms with Crippen LogP contribution < -0.4 is 5.73 Å². The maximum absolute atomic E-state index is 10.8. The minimum absolute atomic E-state index is 0.0331. The molecule has 0 fully saturated rings. The standard InChI is InChI=1S/C15H13NO2S/c16-15(17)18-8-12-9-4-1-2-5-10(9)14-11(12)6-3-7-13(14)19/h1-7,12,19H,8H2,(H2,16,17). The molecule has 0 saturated heterocycles. The highest BCUT2D eigenvalue weighted by atomic mass is 32.1. The van der Waals surface area contributed by atoms with Gasteiger partial charge in [0.1, 0.15) is 6.61 Å². The lowest BCUT2D eigenvalue weighted by atomic mass is 9.98. The van der Waals surface area contributed by atoms with E-state index in [2.05, 4.69) is 24.8 Å². The van der Waals surface area contributed by atoms with Crippen LogP contribution in [0.15, 0.2) is 47.4 Å². The van der Waals surface area contributed by atoms with Crippen LogP contribution >= 0.6 is 12.6 Å². The number of carbonyl (C=O) groups is 1. The number of benzene rings is 2. The van der Waals surface area contributed by atoms with Crippen LogP contribution in [0.4, 0.5) is 4.79 Å². The summed E-state index contributed by atoms with van der Waals surface area (Å²) in [5.74, 6) is 0.0331. The normalized spacial score (nSPS) is 15.7. The van der Waals surface area contributed by atoms with Gasteiger partial charge in [-0.15, -0.1) is 12.6 Å². The van der Waals surface area contributed by atoms with Crippen LogP contribution in [0, 0.1) is 0 Å². The molecule has 0 radical (unpaired) electrons. The van der Waals surface area contributed by atoms with Crippen molar-refractivity contribution in [2.24, 2.45) is 5.73 Å². The summed E-state index contributed by atoms with van der Waals surface area (Å²) in [6.07, 6.45) is -0.743. The molecule has 1 unspecified atom stereocenters. The average Bonchev–Trinajstić information content (AvgIpc) is 2.71. The fraction of sp³-hybridized carbons (Fsp3) is 0.133. The Bertz CT molecular complexity index is 654. The first kappa shape index (κ1) is 12.1. The summed E-state index contributed by atoms with van der Waals surface area (Å²) in [6.45, 7) is 0.260. The van der Waals surface area contributed by atoms with Crippen molar-refractivity contribution in [2.75, 3.05) is 6.61 Å². The van der Waals surface area contributed by atoms with Crippen LogP contribution in [-0.2, 0) is 4.74 Å². The van der Waals surface area contributed by atoms with E-state index in [9.17, 15) is 4.79 Å². The lowest BCUT2D eigenvalue weighted by Crippen LogP contribution is -2.17. The third kappa shape index (κ3) is 1.98. The summed E-state index contributed by atoms with van der Waals surface area (Å²) in [4.78, 5) is 11.8. The first-order chi connectivity index (χ1) is 9.18. The highest BCUT2D eigenvalue weighted by molar-refractivity contribution is 7.80. The van der Waals surface area contributed by atoms with Crippen molar-refractivity contribution in [3.8, 4) is 11.1 Å². The number of hydrogen-bond acceptors (Lipinski definition) is 3. The second-order valence-electron chi connectivity index (χ2n) is 4.51. The highest BCUT2D eigenvalue weighted by Crippen LogP contribution is 2.47. The van der Waals surface area contributed by atoms with Crippen molar-refractivity contribution in [1.29, 1.82) is 0 Å². The monoisotopic (exact) mass is 271 g/mol. The number of nitrogens with two attached hydrogens (primary N) is 1. The molecule has 2 aromatic carbocycles. The Morgan fingerprint density at radius 3 is 2.68 bits per heavy atom. The average molecular weight is 271 g/mol. The summed E-state index contributed by atoms with van der Waals surface area (Å²) in [6, 6.07) is 14.1. The Hall–Kier alpha value is -1.94. The third-order valence-corrected chi connectivity index (χ3v) is 3.82. The zero-order valence-electron chi connectivity index (χ0n) is 10.2. The Morgan fingerprint density at radius 1 is 1.16 bits per heavy atom. The minimum atomic E-state index is -0.743. The maximum atomic E-state index is 10.8. The molecule has 19 heavy (non-hydrogen) atoms. The topological polar surface area (TPSA) is 52.3 Å². The van der Waals surface area contributed by atoms with E-state index in [0.29, 0.717) is 0 Å². The molecule has 0 saturated carbocycles. The van der Waals surface area contributed by atoms with Crippen LogP contribution in [-0.4, -0.2) is 12.7 Å². The Morgan fingerprint density at radius 2 is 1.89 bits per heavy atom. The molecule has 0 bridgehead atoms. The van der Waals surface area contributed by atoms with Crippen LogP contribution in [0.3, 0.4) is 0 Å². The van der Waals surface area contributed by atoms with Crippen molar-refractivity contribution in [3.05, 3.63) is 53.6 Å². The molecule has 4 heteroatoms. The second-order valence-corrected chi connectivity index (χ2v) is 4.99. The van der Waals surface area contributed by atoms with Crippen molar-refractivity contribution >= 4 is 18.7 Å². The number of hydrogen-bond donors (Lipinski definition) is 2. The molecule has 0 spiro atoms. The number of primary amides is 1. The van der Waals surface area contributed by atoms with E-state index in [4.69, 9.17) is 10.5 Å². The minimum Gasteiger partial charge on any atom is -0.449 e. The highest BCUT2D eigenvalue weighted by Gasteiger charge is 2.30. The Labute approximate surface area is 116 Å². The molecule has 1 aliphatic rings.